The quantitative estimate of drug-likeness (QED) is 0.711. The van der Waals surface area contributed by atoms with Crippen LogP contribution in [-0.2, 0) is 10.9 Å². The molecule has 0 bridgehead atoms. The second-order valence-electron chi connectivity index (χ2n) is 6.70. The number of likely N-dealkylation sites (tertiary alicyclic amines) is 1. The van der Waals surface area contributed by atoms with E-state index in [0.717, 1.165) is 30.0 Å². The van der Waals surface area contributed by atoms with Gasteiger partial charge in [-0.3, -0.25) is 4.79 Å². The van der Waals surface area contributed by atoms with E-state index in [1.807, 2.05) is 0 Å². The molecule has 2 N–H and O–H groups in total. The summed E-state index contributed by atoms with van der Waals surface area (Å²) in [5.74, 6) is -0.148. The fraction of sp³-hybridized carbons (Fsp3) is 0.474. The molecule has 1 aromatic carbocycles. The van der Waals surface area contributed by atoms with E-state index in [2.05, 4.69) is 5.10 Å². The molecule has 0 atom stereocenters. The fourth-order valence-electron chi connectivity index (χ4n) is 3.14. The molecule has 1 fully saturated rings. The van der Waals surface area contributed by atoms with E-state index >= 15 is 0 Å². The predicted molar refractivity (Wildman–Crippen MR) is 104 cm³/mol. The number of amides is 1. The highest BCUT2D eigenvalue weighted by Crippen LogP contribution is 2.28. The van der Waals surface area contributed by atoms with E-state index in [4.69, 9.17) is 10.5 Å². The number of alkyl halides is 3. The molecule has 0 spiro atoms. The molecule has 6 nitrogen and oxygen atoms in total. The lowest BCUT2D eigenvalue weighted by molar-refractivity contribution is -0.141. The number of carbonyl (C=O) groups excluding carboxylic acids is 1. The summed E-state index contributed by atoms with van der Waals surface area (Å²) in [5.41, 5.74) is 5.31. The van der Waals surface area contributed by atoms with Gasteiger partial charge in [-0.25, -0.2) is 4.68 Å². The maximum Gasteiger partial charge on any atom is 0.435 e. The smallest absolute Gasteiger partial charge is 0.378 e. The molecule has 0 radical (unpaired) electrons. The molecule has 0 saturated carbocycles. The van der Waals surface area contributed by atoms with Crippen LogP contribution >= 0.6 is 12.4 Å². The number of halogens is 4. The van der Waals surface area contributed by atoms with Gasteiger partial charge in [0.05, 0.1) is 11.8 Å². The summed E-state index contributed by atoms with van der Waals surface area (Å²) >= 11 is 0. The first kappa shape index (κ1) is 23.2. The predicted octanol–water partition coefficient (Wildman–Crippen LogP) is 3.28. The highest BCUT2D eigenvalue weighted by molar-refractivity contribution is 5.94. The van der Waals surface area contributed by atoms with E-state index in [9.17, 15) is 18.0 Å². The third-order valence-corrected chi connectivity index (χ3v) is 4.67. The van der Waals surface area contributed by atoms with Crippen molar-refractivity contribution in [3.8, 4) is 5.69 Å². The van der Waals surface area contributed by atoms with Gasteiger partial charge in [-0.15, -0.1) is 12.4 Å². The monoisotopic (exact) mass is 432 g/mol. The van der Waals surface area contributed by atoms with Crippen LogP contribution in [0.3, 0.4) is 0 Å². The van der Waals surface area contributed by atoms with E-state index in [0.29, 0.717) is 37.5 Å². The Morgan fingerprint density at radius 2 is 1.97 bits per heavy atom. The van der Waals surface area contributed by atoms with Crippen molar-refractivity contribution in [2.45, 2.75) is 31.5 Å². The Hall–Kier alpha value is -2.10. The Morgan fingerprint density at radius 1 is 1.24 bits per heavy atom. The molecular formula is C19H24ClF3N4O2. The highest BCUT2D eigenvalue weighted by atomic mass is 35.5. The van der Waals surface area contributed by atoms with Gasteiger partial charge in [0.15, 0.2) is 5.69 Å². The average Bonchev–Trinajstić information content (AvgIpc) is 3.19. The molecule has 29 heavy (non-hydrogen) atoms. The Kier molecular flexibility index (Phi) is 8.06. The lowest BCUT2D eigenvalue weighted by atomic mass is 10.1. The molecule has 2 heterocycles. The largest absolute Gasteiger partial charge is 0.435 e. The minimum Gasteiger partial charge on any atom is -0.378 e. The standard InChI is InChI=1S/C19H23F3N4O2.ClH/c20-19(21,22)17-7-11-26(24-17)15-4-1-3-14(13-15)18(27)25-9-5-16(6-10-25)28-12-2-8-23;/h1,3-4,7,11,13,16H,2,5-6,8-10,12,23H2;1H. The molecule has 1 aliphatic rings. The number of benzene rings is 1. The zero-order valence-corrected chi connectivity index (χ0v) is 16.6. The van der Waals surface area contributed by atoms with Crippen molar-refractivity contribution in [3.05, 3.63) is 47.8 Å². The number of piperidine rings is 1. The molecule has 0 aliphatic carbocycles. The summed E-state index contributed by atoms with van der Waals surface area (Å²) in [6, 6.07) is 7.37. The summed E-state index contributed by atoms with van der Waals surface area (Å²) in [7, 11) is 0. The van der Waals surface area contributed by atoms with Crippen LogP contribution in [0.4, 0.5) is 13.2 Å². The molecule has 160 valence electrons. The number of aromatic nitrogens is 2. The molecule has 1 saturated heterocycles. The molecule has 3 rings (SSSR count). The van der Waals surface area contributed by atoms with Gasteiger partial charge in [0, 0.05) is 31.5 Å². The summed E-state index contributed by atoms with van der Waals surface area (Å²) in [5, 5.41) is 3.55. The summed E-state index contributed by atoms with van der Waals surface area (Å²) in [6.07, 6.45) is -0.818. The van der Waals surface area contributed by atoms with Gasteiger partial charge in [0.25, 0.3) is 5.91 Å². The number of rotatable bonds is 6. The van der Waals surface area contributed by atoms with E-state index in [1.165, 1.54) is 6.20 Å². The van der Waals surface area contributed by atoms with Crippen LogP contribution < -0.4 is 5.73 Å². The van der Waals surface area contributed by atoms with Gasteiger partial charge in [-0.1, -0.05) is 6.07 Å². The third kappa shape index (κ3) is 5.94. The zero-order chi connectivity index (χ0) is 20.1. The summed E-state index contributed by atoms with van der Waals surface area (Å²) < 4.78 is 45.1. The van der Waals surface area contributed by atoms with Crippen molar-refractivity contribution in [1.82, 2.24) is 14.7 Å². The van der Waals surface area contributed by atoms with Crippen LogP contribution in [0.15, 0.2) is 36.5 Å². The molecular weight excluding hydrogens is 409 g/mol. The summed E-state index contributed by atoms with van der Waals surface area (Å²) in [4.78, 5) is 14.5. The van der Waals surface area contributed by atoms with Crippen molar-refractivity contribution < 1.29 is 22.7 Å². The van der Waals surface area contributed by atoms with Gasteiger partial charge in [-0.2, -0.15) is 18.3 Å². The van der Waals surface area contributed by atoms with Crippen molar-refractivity contribution in [2.24, 2.45) is 5.73 Å². The lowest BCUT2D eigenvalue weighted by Gasteiger charge is -2.32. The van der Waals surface area contributed by atoms with Crippen LogP contribution in [0.25, 0.3) is 5.69 Å². The first-order valence-corrected chi connectivity index (χ1v) is 9.23. The maximum absolute atomic E-state index is 12.8. The van der Waals surface area contributed by atoms with Gasteiger partial charge < -0.3 is 15.4 Å². The highest BCUT2D eigenvalue weighted by Gasteiger charge is 2.33. The first-order valence-electron chi connectivity index (χ1n) is 9.23. The van der Waals surface area contributed by atoms with E-state index in [1.54, 1.807) is 29.2 Å². The number of carbonyl (C=O) groups is 1. The van der Waals surface area contributed by atoms with Crippen LogP contribution in [0.5, 0.6) is 0 Å². The Balaban J connectivity index is 0.00000300. The van der Waals surface area contributed by atoms with E-state index < -0.39 is 11.9 Å². The van der Waals surface area contributed by atoms with Crippen molar-refractivity contribution >= 4 is 18.3 Å². The van der Waals surface area contributed by atoms with Crippen molar-refractivity contribution in [2.75, 3.05) is 26.2 Å². The van der Waals surface area contributed by atoms with Crippen LogP contribution in [0, 0.1) is 0 Å². The fourth-order valence-corrected chi connectivity index (χ4v) is 3.14. The third-order valence-electron chi connectivity index (χ3n) is 4.67. The second-order valence-corrected chi connectivity index (χ2v) is 6.70. The van der Waals surface area contributed by atoms with Crippen LogP contribution in [0.1, 0.15) is 35.3 Å². The van der Waals surface area contributed by atoms with Crippen LogP contribution in [0.2, 0.25) is 0 Å². The van der Waals surface area contributed by atoms with Crippen LogP contribution in [-0.4, -0.2) is 52.9 Å². The first-order chi connectivity index (χ1) is 13.4. The molecule has 1 amide bonds. The summed E-state index contributed by atoms with van der Waals surface area (Å²) in [6.45, 7) is 2.38. The number of nitrogens with zero attached hydrogens (tertiary/aromatic N) is 3. The van der Waals surface area contributed by atoms with Gasteiger partial charge >= 0.3 is 6.18 Å². The second kappa shape index (κ2) is 10.1. The van der Waals surface area contributed by atoms with Gasteiger partial charge in [0.2, 0.25) is 0 Å². The topological polar surface area (TPSA) is 73.4 Å². The minimum atomic E-state index is -4.50. The number of hydrogen-bond acceptors (Lipinski definition) is 4. The minimum absolute atomic E-state index is 0. The zero-order valence-electron chi connectivity index (χ0n) is 15.8. The molecule has 1 aliphatic heterocycles. The molecule has 1 aromatic heterocycles. The Labute approximate surface area is 173 Å². The molecule has 10 heteroatoms. The van der Waals surface area contributed by atoms with Crippen molar-refractivity contribution in [1.29, 1.82) is 0 Å². The Bertz CT molecular complexity index is 805. The number of hydrogen-bond donors (Lipinski definition) is 1. The molecule has 0 unspecified atom stereocenters. The average molecular weight is 433 g/mol. The van der Waals surface area contributed by atoms with Crippen molar-refractivity contribution in [3.63, 3.8) is 0 Å². The van der Waals surface area contributed by atoms with Gasteiger partial charge in [0.1, 0.15) is 0 Å². The Morgan fingerprint density at radius 3 is 2.59 bits per heavy atom. The number of nitrogens with two attached hydrogens (primary N) is 1. The lowest BCUT2D eigenvalue weighted by Crippen LogP contribution is -2.41. The van der Waals surface area contributed by atoms with Gasteiger partial charge in [-0.05, 0) is 50.1 Å². The number of ether oxygens (including phenoxy) is 1. The molecule has 2 aromatic rings. The maximum atomic E-state index is 12.8. The normalized spacial score (nSPS) is 15.2. The van der Waals surface area contributed by atoms with E-state index in [-0.39, 0.29) is 24.4 Å². The SMILES string of the molecule is Cl.NCCCOC1CCN(C(=O)c2cccc(-n3ccc(C(F)(F)F)n3)c2)CC1.